The number of ether oxygens (including phenoxy) is 1. The maximum absolute atomic E-state index is 11.0. The number of nitrogens with zero attached hydrogens (tertiary/aromatic N) is 1. The topological polar surface area (TPSA) is 69.4 Å². The van der Waals surface area contributed by atoms with Crippen LogP contribution < -0.4 is 4.74 Å². The lowest BCUT2D eigenvalue weighted by molar-refractivity contribution is -0.383. The van der Waals surface area contributed by atoms with Gasteiger partial charge in [-0.15, -0.1) is 0 Å². The van der Waals surface area contributed by atoms with Gasteiger partial charge in [-0.05, 0) is 30.7 Å². The third kappa shape index (κ3) is 2.66. The molecule has 0 spiro atoms. The first kappa shape index (κ1) is 13.3. The van der Waals surface area contributed by atoms with Crippen molar-refractivity contribution in [3.05, 3.63) is 46.5 Å². The molecule has 0 amide bonds. The second-order valence-corrected chi connectivity index (χ2v) is 4.32. The van der Waals surface area contributed by atoms with Crippen LogP contribution in [0.15, 0.2) is 36.4 Å². The molecule has 0 aliphatic heterocycles. The van der Waals surface area contributed by atoms with Gasteiger partial charge >= 0.3 is 0 Å². The second kappa shape index (κ2) is 5.24. The molecule has 0 aliphatic rings. The molecule has 98 valence electrons. The van der Waals surface area contributed by atoms with Crippen molar-refractivity contribution < 1.29 is 14.5 Å². The molecule has 0 unspecified atom stereocenters. The van der Waals surface area contributed by atoms with Crippen molar-refractivity contribution in [3.8, 4) is 5.75 Å². The van der Waals surface area contributed by atoms with Gasteiger partial charge in [0, 0.05) is 11.5 Å². The van der Waals surface area contributed by atoms with Crippen LogP contribution in [0.1, 0.15) is 6.92 Å². The normalized spacial score (nSPS) is 12.1. The Morgan fingerprint density at radius 3 is 2.47 bits per heavy atom. The van der Waals surface area contributed by atoms with Crippen LogP contribution in [0.25, 0.3) is 10.8 Å². The summed E-state index contributed by atoms with van der Waals surface area (Å²) in [6.45, 7) is 1.52. The first-order valence-corrected chi connectivity index (χ1v) is 5.90. The quantitative estimate of drug-likeness (QED) is 0.489. The molecule has 0 N–H and O–H groups in total. The van der Waals surface area contributed by atoms with Crippen LogP contribution in [0.2, 0.25) is 0 Å². The molecule has 2 rings (SSSR count). The number of carbonyl (C=O) groups is 1. The van der Waals surface area contributed by atoms with Crippen LogP contribution in [0.4, 0.5) is 5.69 Å². The molecule has 6 heteroatoms. The van der Waals surface area contributed by atoms with E-state index in [-0.39, 0.29) is 5.69 Å². The third-order valence-corrected chi connectivity index (χ3v) is 2.99. The van der Waals surface area contributed by atoms with Crippen LogP contribution >= 0.6 is 11.6 Å². The summed E-state index contributed by atoms with van der Waals surface area (Å²) in [6.07, 6.45) is -0.813. The maximum atomic E-state index is 11.0. The average Bonchev–Trinajstić information content (AvgIpc) is 2.38. The second-order valence-electron chi connectivity index (χ2n) is 3.95. The summed E-state index contributed by atoms with van der Waals surface area (Å²) in [4.78, 5) is 21.5. The lowest BCUT2D eigenvalue weighted by Gasteiger charge is -2.12. The number of non-ortho nitro benzene ring substituents is 1. The first-order valence-electron chi connectivity index (χ1n) is 5.53. The van der Waals surface area contributed by atoms with Gasteiger partial charge in [-0.25, -0.2) is 0 Å². The van der Waals surface area contributed by atoms with E-state index in [0.717, 1.165) is 0 Å². The van der Waals surface area contributed by atoms with Crippen molar-refractivity contribution in [1.29, 1.82) is 0 Å². The Morgan fingerprint density at radius 2 is 1.89 bits per heavy atom. The van der Waals surface area contributed by atoms with E-state index in [9.17, 15) is 14.9 Å². The predicted molar refractivity (Wildman–Crippen MR) is 71.6 cm³/mol. The first-order chi connectivity index (χ1) is 9.00. The maximum Gasteiger partial charge on any atom is 0.277 e. The molecule has 0 heterocycles. The minimum atomic E-state index is -0.813. The molecule has 0 bridgehead atoms. The number of fused-ring (bicyclic) bond motifs is 1. The van der Waals surface area contributed by atoms with Crippen molar-refractivity contribution in [3.63, 3.8) is 0 Å². The van der Waals surface area contributed by atoms with E-state index >= 15 is 0 Å². The highest BCUT2D eigenvalue weighted by atomic mass is 35.5. The van der Waals surface area contributed by atoms with E-state index in [2.05, 4.69) is 0 Å². The number of nitro groups is 1. The van der Waals surface area contributed by atoms with Crippen molar-refractivity contribution in [1.82, 2.24) is 0 Å². The molecule has 0 radical (unpaired) electrons. The summed E-state index contributed by atoms with van der Waals surface area (Å²) in [6, 6.07) is 9.60. The molecule has 0 aliphatic carbocycles. The van der Waals surface area contributed by atoms with Crippen LogP contribution in [-0.4, -0.2) is 16.3 Å². The minimum Gasteiger partial charge on any atom is -0.481 e. The van der Waals surface area contributed by atoms with Crippen molar-refractivity contribution in [2.75, 3.05) is 0 Å². The Morgan fingerprint density at radius 1 is 1.26 bits per heavy atom. The molecular weight excluding hydrogens is 270 g/mol. The fourth-order valence-corrected chi connectivity index (χ4v) is 1.80. The van der Waals surface area contributed by atoms with Gasteiger partial charge in [-0.1, -0.05) is 18.2 Å². The zero-order valence-electron chi connectivity index (χ0n) is 10.00. The Kier molecular flexibility index (Phi) is 3.66. The summed E-state index contributed by atoms with van der Waals surface area (Å²) in [7, 11) is 0. The number of rotatable bonds is 4. The predicted octanol–water partition coefficient (Wildman–Crippen LogP) is 3.28. The molecule has 2 aromatic carbocycles. The van der Waals surface area contributed by atoms with Gasteiger partial charge < -0.3 is 4.74 Å². The summed E-state index contributed by atoms with van der Waals surface area (Å²) >= 11 is 5.34. The Hall–Kier alpha value is -2.14. The van der Waals surface area contributed by atoms with Crippen molar-refractivity contribution in [2.45, 2.75) is 13.0 Å². The molecule has 19 heavy (non-hydrogen) atoms. The molecule has 5 nitrogen and oxygen atoms in total. The Balaban J connectivity index is 2.55. The molecule has 0 fully saturated rings. The van der Waals surface area contributed by atoms with Gasteiger partial charge in [-0.2, -0.15) is 0 Å². The summed E-state index contributed by atoms with van der Waals surface area (Å²) in [5.41, 5.74) is -0.00666. The lowest BCUT2D eigenvalue weighted by atomic mass is 10.1. The zero-order valence-corrected chi connectivity index (χ0v) is 10.8. The summed E-state index contributed by atoms with van der Waals surface area (Å²) < 4.78 is 5.42. The number of hydrogen-bond donors (Lipinski definition) is 0. The van der Waals surface area contributed by atoms with Gasteiger partial charge in [0.1, 0.15) is 5.75 Å². The average molecular weight is 280 g/mol. The highest BCUT2D eigenvalue weighted by molar-refractivity contribution is 6.64. The lowest BCUT2D eigenvalue weighted by Crippen LogP contribution is -2.19. The Bertz CT molecular complexity index is 656. The van der Waals surface area contributed by atoms with Crippen molar-refractivity contribution in [2.24, 2.45) is 0 Å². The van der Waals surface area contributed by atoms with Crippen LogP contribution in [0.5, 0.6) is 5.75 Å². The standard InChI is InChI=1S/C13H10ClNO4/c1-8(13(14)16)19-12-7-6-11(15(17)18)9-4-2-3-5-10(9)12/h2-8H,1H3/t8-/m1/s1. The zero-order chi connectivity index (χ0) is 14.0. The van der Waals surface area contributed by atoms with Crippen LogP contribution in [0.3, 0.4) is 0 Å². The minimum absolute atomic E-state index is 0.00666. The van der Waals surface area contributed by atoms with Gasteiger partial charge in [0.05, 0.1) is 10.3 Å². The van der Waals surface area contributed by atoms with Gasteiger partial charge in [0.15, 0.2) is 6.10 Å². The number of hydrogen-bond acceptors (Lipinski definition) is 4. The van der Waals surface area contributed by atoms with E-state index in [1.807, 2.05) is 0 Å². The molecule has 1 atom stereocenters. The largest absolute Gasteiger partial charge is 0.481 e. The number of carbonyl (C=O) groups excluding carboxylic acids is 1. The Labute approximate surface area is 113 Å². The van der Waals surface area contributed by atoms with Gasteiger partial charge in [-0.3, -0.25) is 14.9 Å². The van der Waals surface area contributed by atoms with Gasteiger partial charge in [0.25, 0.3) is 10.9 Å². The van der Waals surface area contributed by atoms with Gasteiger partial charge in [0.2, 0.25) is 0 Å². The molecule has 2 aromatic rings. The van der Waals surface area contributed by atoms with Crippen LogP contribution in [0, 0.1) is 10.1 Å². The molecule has 0 aromatic heterocycles. The monoisotopic (exact) mass is 279 g/mol. The highest BCUT2D eigenvalue weighted by Crippen LogP contribution is 2.33. The van der Waals surface area contributed by atoms with E-state index in [4.69, 9.17) is 16.3 Å². The smallest absolute Gasteiger partial charge is 0.277 e. The summed E-state index contributed by atoms with van der Waals surface area (Å²) in [5, 5.41) is 11.4. The highest BCUT2D eigenvalue weighted by Gasteiger charge is 2.17. The molecule has 0 saturated carbocycles. The fraction of sp³-hybridized carbons (Fsp3) is 0.154. The fourth-order valence-electron chi connectivity index (χ4n) is 1.75. The number of benzene rings is 2. The number of halogens is 1. The van der Waals surface area contributed by atoms with E-state index < -0.39 is 16.3 Å². The third-order valence-electron chi connectivity index (χ3n) is 2.68. The van der Waals surface area contributed by atoms with E-state index in [1.165, 1.54) is 19.1 Å². The molecular formula is C13H10ClNO4. The van der Waals surface area contributed by atoms with E-state index in [0.29, 0.717) is 16.5 Å². The van der Waals surface area contributed by atoms with E-state index in [1.54, 1.807) is 24.3 Å². The number of nitro benzene ring substituents is 1. The summed E-state index contributed by atoms with van der Waals surface area (Å²) in [5.74, 6) is 0.391. The SMILES string of the molecule is C[C@@H](Oc1ccc([N+](=O)[O-])c2ccccc12)C(=O)Cl. The molecule has 0 saturated heterocycles. The van der Waals surface area contributed by atoms with Crippen LogP contribution in [-0.2, 0) is 4.79 Å². The van der Waals surface area contributed by atoms with Crippen molar-refractivity contribution >= 4 is 33.3 Å².